The minimum absolute atomic E-state index is 0.0794. The molecule has 0 aromatic heterocycles. The van der Waals surface area contributed by atoms with Crippen LogP contribution in [0.25, 0.3) is 0 Å². The normalized spacial score (nSPS) is 31.7. The Balaban J connectivity index is 0.000000151. The Morgan fingerprint density at radius 1 is 0.692 bits per heavy atom. The average molecular weight is 354 g/mol. The Bertz CT molecular complexity index is 632. The van der Waals surface area contributed by atoms with Crippen LogP contribution in [0, 0.1) is 11.8 Å². The molecule has 2 fully saturated rings. The van der Waals surface area contributed by atoms with E-state index in [0.29, 0.717) is 24.9 Å². The van der Waals surface area contributed by atoms with E-state index in [9.17, 15) is 0 Å². The van der Waals surface area contributed by atoms with Crippen LogP contribution in [0.15, 0.2) is 60.7 Å². The summed E-state index contributed by atoms with van der Waals surface area (Å²) < 4.78 is 0. The summed E-state index contributed by atoms with van der Waals surface area (Å²) in [6.45, 7) is 1.79. The third-order valence-electron chi connectivity index (χ3n) is 6.33. The molecule has 0 aliphatic heterocycles. The second kappa shape index (κ2) is 7.89. The molecule has 140 valence electrons. The highest BCUT2D eigenvalue weighted by Gasteiger charge is 2.54. The highest BCUT2D eigenvalue weighted by Crippen LogP contribution is 2.53. The van der Waals surface area contributed by atoms with Gasteiger partial charge >= 0.3 is 0 Å². The van der Waals surface area contributed by atoms with Crippen LogP contribution >= 0.6 is 0 Å². The van der Waals surface area contributed by atoms with Gasteiger partial charge in [-0.15, -0.1) is 0 Å². The molecule has 2 aliphatic carbocycles. The second-order valence-corrected chi connectivity index (χ2v) is 7.62. The van der Waals surface area contributed by atoms with Crippen molar-refractivity contribution in [2.45, 2.75) is 23.7 Å². The number of hydrogen-bond acceptors (Lipinski definition) is 4. The average Bonchev–Trinajstić information content (AvgIpc) is 3.63. The van der Waals surface area contributed by atoms with E-state index in [1.165, 1.54) is 11.1 Å². The van der Waals surface area contributed by atoms with Gasteiger partial charge in [0, 0.05) is 37.1 Å². The van der Waals surface area contributed by atoms with Crippen LogP contribution in [0.3, 0.4) is 0 Å². The number of benzene rings is 2. The molecule has 0 saturated heterocycles. The number of nitrogens with two attached hydrogens (primary N) is 2. The van der Waals surface area contributed by atoms with E-state index >= 15 is 0 Å². The molecule has 0 radical (unpaired) electrons. The van der Waals surface area contributed by atoms with E-state index in [-0.39, 0.29) is 24.0 Å². The Labute approximate surface area is 155 Å². The predicted octanol–water partition coefficient (Wildman–Crippen LogP) is 1.79. The van der Waals surface area contributed by atoms with Gasteiger partial charge in [0.1, 0.15) is 0 Å². The van der Waals surface area contributed by atoms with Crippen molar-refractivity contribution >= 4 is 0 Å². The van der Waals surface area contributed by atoms with Crippen molar-refractivity contribution in [2.75, 3.05) is 26.3 Å². The highest BCUT2D eigenvalue weighted by molar-refractivity contribution is 5.35. The molecule has 2 aliphatic rings. The third-order valence-corrected chi connectivity index (χ3v) is 6.33. The van der Waals surface area contributed by atoms with Crippen LogP contribution in [0.2, 0.25) is 0 Å². The summed E-state index contributed by atoms with van der Waals surface area (Å²) in [6.07, 6.45) is 2.06. The summed E-state index contributed by atoms with van der Waals surface area (Å²) in [5, 5.41) is 18.2. The number of aliphatic hydroxyl groups is 2. The van der Waals surface area contributed by atoms with Crippen molar-refractivity contribution in [3.63, 3.8) is 0 Å². The molecule has 0 heterocycles. The van der Waals surface area contributed by atoms with Gasteiger partial charge in [0.05, 0.1) is 0 Å². The zero-order chi connectivity index (χ0) is 18.6. The molecule has 6 N–H and O–H groups in total. The first kappa shape index (κ1) is 19.1. The highest BCUT2D eigenvalue weighted by atomic mass is 16.3. The molecule has 0 bridgehead atoms. The minimum atomic E-state index is 0.0794. The lowest BCUT2D eigenvalue weighted by atomic mass is 9.93. The molecule has 4 heteroatoms. The SMILES string of the molecule is NC[C@@]1(c2ccccc2)C[C@@H]1CO.NC[C@]1(c2ccccc2)C[C@@H]1CO. The van der Waals surface area contributed by atoms with Crippen molar-refractivity contribution < 1.29 is 10.2 Å². The summed E-state index contributed by atoms with van der Waals surface area (Å²) in [6, 6.07) is 20.5. The molecule has 4 atom stereocenters. The zero-order valence-electron chi connectivity index (χ0n) is 15.2. The van der Waals surface area contributed by atoms with Gasteiger partial charge in [-0.3, -0.25) is 0 Å². The molecule has 26 heavy (non-hydrogen) atoms. The Morgan fingerprint density at radius 2 is 1.04 bits per heavy atom. The van der Waals surface area contributed by atoms with Crippen LogP contribution in [0.1, 0.15) is 24.0 Å². The van der Waals surface area contributed by atoms with Crippen molar-refractivity contribution in [2.24, 2.45) is 23.3 Å². The predicted molar refractivity (Wildman–Crippen MR) is 105 cm³/mol. The molecular weight excluding hydrogens is 324 g/mol. The van der Waals surface area contributed by atoms with Gasteiger partial charge in [0.25, 0.3) is 0 Å². The topological polar surface area (TPSA) is 92.5 Å². The summed E-state index contributed by atoms with van der Waals surface area (Å²) >= 11 is 0. The molecule has 4 nitrogen and oxygen atoms in total. The van der Waals surface area contributed by atoms with Crippen molar-refractivity contribution in [3.05, 3.63) is 71.8 Å². The minimum Gasteiger partial charge on any atom is -0.396 e. The first-order valence-electron chi connectivity index (χ1n) is 9.39. The first-order valence-corrected chi connectivity index (χ1v) is 9.39. The van der Waals surface area contributed by atoms with E-state index in [2.05, 4.69) is 24.3 Å². The molecule has 4 rings (SSSR count). The van der Waals surface area contributed by atoms with Crippen molar-refractivity contribution in [1.29, 1.82) is 0 Å². The lowest BCUT2D eigenvalue weighted by molar-refractivity contribution is 0.264. The van der Waals surface area contributed by atoms with E-state index < -0.39 is 0 Å². The maximum atomic E-state index is 9.08. The largest absolute Gasteiger partial charge is 0.396 e. The number of rotatable bonds is 6. The molecule has 0 unspecified atom stereocenters. The van der Waals surface area contributed by atoms with Crippen LogP contribution in [0.4, 0.5) is 0 Å². The van der Waals surface area contributed by atoms with E-state index in [4.69, 9.17) is 21.7 Å². The van der Waals surface area contributed by atoms with Gasteiger partial charge in [0.2, 0.25) is 0 Å². The van der Waals surface area contributed by atoms with E-state index in [0.717, 1.165) is 12.8 Å². The second-order valence-electron chi connectivity index (χ2n) is 7.62. The van der Waals surface area contributed by atoms with Gasteiger partial charge in [0.15, 0.2) is 0 Å². The maximum Gasteiger partial charge on any atom is 0.0468 e. The zero-order valence-corrected chi connectivity index (χ0v) is 15.2. The Morgan fingerprint density at radius 3 is 1.27 bits per heavy atom. The van der Waals surface area contributed by atoms with Crippen LogP contribution in [-0.4, -0.2) is 36.5 Å². The Hall–Kier alpha value is -1.72. The first-order chi connectivity index (χ1) is 12.7. The van der Waals surface area contributed by atoms with Crippen LogP contribution in [0.5, 0.6) is 0 Å². The van der Waals surface area contributed by atoms with Gasteiger partial charge < -0.3 is 21.7 Å². The van der Waals surface area contributed by atoms with Crippen molar-refractivity contribution in [3.8, 4) is 0 Å². The third kappa shape index (κ3) is 3.42. The fourth-order valence-electron chi connectivity index (χ4n) is 4.22. The number of hydrogen-bond donors (Lipinski definition) is 4. The number of aliphatic hydroxyl groups excluding tert-OH is 2. The molecule has 2 saturated carbocycles. The molecule has 2 aromatic rings. The van der Waals surface area contributed by atoms with Crippen LogP contribution < -0.4 is 11.5 Å². The van der Waals surface area contributed by atoms with Crippen LogP contribution in [-0.2, 0) is 10.8 Å². The maximum absolute atomic E-state index is 9.08. The Kier molecular flexibility index (Phi) is 5.78. The van der Waals surface area contributed by atoms with Gasteiger partial charge in [-0.25, -0.2) is 0 Å². The fraction of sp³-hybridized carbons (Fsp3) is 0.455. The quantitative estimate of drug-likeness (QED) is 0.636. The van der Waals surface area contributed by atoms with E-state index in [1.54, 1.807) is 0 Å². The summed E-state index contributed by atoms with van der Waals surface area (Å²) in [5.74, 6) is 0.750. The van der Waals surface area contributed by atoms with E-state index in [1.807, 2.05) is 36.4 Å². The van der Waals surface area contributed by atoms with Gasteiger partial charge in [-0.2, -0.15) is 0 Å². The molecular formula is C22H30N2O2. The van der Waals surface area contributed by atoms with Gasteiger partial charge in [-0.05, 0) is 35.8 Å². The molecule has 0 spiro atoms. The monoisotopic (exact) mass is 354 g/mol. The summed E-state index contributed by atoms with van der Waals surface area (Å²) in [7, 11) is 0. The van der Waals surface area contributed by atoms with Gasteiger partial charge in [-0.1, -0.05) is 60.7 Å². The van der Waals surface area contributed by atoms with Crippen molar-refractivity contribution in [1.82, 2.24) is 0 Å². The lowest BCUT2D eigenvalue weighted by Gasteiger charge is -2.14. The summed E-state index contributed by atoms with van der Waals surface area (Å²) in [5.41, 5.74) is 14.2. The fourth-order valence-corrected chi connectivity index (χ4v) is 4.22. The lowest BCUT2D eigenvalue weighted by Crippen LogP contribution is -2.23. The molecule has 2 aromatic carbocycles. The standard InChI is InChI=1S/2C11H15NO/c2*12-8-11(6-10(11)7-13)9-4-2-1-3-5-9/h2*1-5,10,13H,6-8,12H2/t10-,11+;10-,11-/m11/s1. The summed E-state index contributed by atoms with van der Waals surface area (Å²) in [4.78, 5) is 0. The molecule has 0 amide bonds. The smallest absolute Gasteiger partial charge is 0.0468 e.